The van der Waals surface area contributed by atoms with Crippen molar-refractivity contribution >= 4 is 23.4 Å². The minimum absolute atomic E-state index is 0.0232. The van der Waals surface area contributed by atoms with Crippen LogP contribution in [0.4, 0.5) is 5.82 Å². The molecule has 1 atom stereocenters. The third kappa shape index (κ3) is 4.35. The van der Waals surface area contributed by atoms with E-state index >= 15 is 0 Å². The van der Waals surface area contributed by atoms with Crippen molar-refractivity contribution in [1.82, 2.24) is 9.97 Å². The Kier molecular flexibility index (Phi) is 6.73. The molecule has 1 aliphatic carbocycles. The van der Waals surface area contributed by atoms with E-state index in [9.17, 15) is 9.59 Å². The van der Waals surface area contributed by atoms with E-state index in [1.165, 1.54) is 18.9 Å². The van der Waals surface area contributed by atoms with Gasteiger partial charge in [-0.2, -0.15) is 0 Å². The molecule has 0 amide bonds. The second-order valence-electron chi connectivity index (χ2n) is 8.59. The monoisotopic (exact) mass is 505 g/mol. The number of rotatable bonds is 7. The fourth-order valence-corrected chi connectivity index (χ4v) is 5.65. The van der Waals surface area contributed by atoms with E-state index < -0.39 is 5.92 Å². The number of benzene rings is 2. The molecule has 1 aliphatic heterocycles. The summed E-state index contributed by atoms with van der Waals surface area (Å²) in [6.07, 6.45) is 1.90. The molecular formula is C27H27N3O5S. The molecule has 0 fully saturated rings. The number of nitrogens with zero attached hydrogens (tertiary/aromatic N) is 1. The molecule has 186 valence electrons. The van der Waals surface area contributed by atoms with Gasteiger partial charge in [-0.3, -0.25) is 9.59 Å². The zero-order chi connectivity index (χ0) is 25.2. The Morgan fingerprint density at radius 3 is 2.39 bits per heavy atom. The summed E-state index contributed by atoms with van der Waals surface area (Å²) in [6.45, 7) is 0. The fraction of sp³-hybridized carbons (Fsp3) is 0.296. The number of carbonyl (C=O) groups excluding carboxylic acids is 1. The molecule has 5 rings (SSSR count). The largest absolute Gasteiger partial charge is 0.493 e. The SMILES string of the molecule is COc1cc([C@H]2C3=C(CCCC3=O)Nc3nc(SCc4ccccc4)[nH]c(=O)c32)cc(OC)c1OC. The summed E-state index contributed by atoms with van der Waals surface area (Å²) in [5.74, 6) is 1.92. The Balaban J connectivity index is 1.63. The van der Waals surface area contributed by atoms with Gasteiger partial charge in [0.1, 0.15) is 5.82 Å². The molecule has 2 heterocycles. The number of nitrogens with one attached hydrogen (secondary N) is 2. The van der Waals surface area contributed by atoms with Crippen molar-refractivity contribution in [2.75, 3.05) is 26.6 Å². The molecule has 8 nitrogen and oxygen atoms in total. The van der Waals surface area contributed by atoms with Crippen LogP contribution in [-0.2, 0) is 10.5 Å². The smallest absolute Gasteiger partial charge is 0.257 e. The van der Waals surface area contributed by atoms with E-state index in [1.54, 1.807) is 26.4 Å². The third-order valence-corrected chi connectivity index (χ3v) is 7.42. The number of allylic oxidation sites excluding steroid dienone is 2. The molecule has 2 N–H and O–H groups in total. The number of aromatic amines is 1. The highest BCUT2D eigenvalue weighted by Crippen LogP contribution is 2.47. The number of anilines is 1. The number of Topliss-reactive ketones (excluding diaryl/α,β-unsaturated/α-hetero) is 1. The number of H-pyrrole nitrogens is 1. The first-order valence-corrected chi connectivity index (χ1v) is 12.7. The molecule has 0 saturated heterocycles. The van der Waals surface area contributed by atoms with Gasteiger partial charge < -0.3 is 24.5 Å². The van der Waals surface area contributed by atoms with Crippen LogP contribution in [0.2, 0.25) is 0 Å². The minimum atomic E-state index is -0.609. The number of methoxy groups -OCH3 is 3. The molecule has 9 heteroatoms. The standard InChI is InChI=1S/C27H27N3O5S/c1-33-19-12-16(13-20(34-2)24(19)35-3)21-22-17(10-7-11-18(22)31)28-25-23(21)26(32)30-27(29-25)36-14-15-8-5-4-6-9-15/h4-6,8-9,12-13,21H,7,10-11,14H2,1-3H3,(H2,28,29,30,32)/t21-/m0/s1. The van der Waals surface area contributed by atoms with E-state index in [0.29, 0.717) is 63.5 Å². The van der Waals surface area contributed by atoms with Crippen LogP contribution in [0.1, 0.15) is 41.9 Å². The predicted molar refractivity (Wildman–Crippen MR) is 138 cm³/mol. The Morgan fingerprint density at radius 1 is 1.00 bits per heavy atom. The summed E-state index contributed by atoms with van der Waals surface area (Å²) in [5, 5.41) is 3.83. The first kappa shape index (κ1) is 24.0. The fourth-order valence-electron chi connectivity index (χ4n) is 4.84. The van der Waals surface area contributed by atoms with Gasteiger partial charge in [0.25, 0.3) is 5.56 Å². The molecule has 0 spiro atoms. The summed E-state index contributed by atoms with van der Waals surface area (Å²) in [5.41, 5.74) is 3.37. The molecule has 36 heavy (non-hydrogen) atoms. The molecule has 0 radical (unpaired) electrons. The lowest BCUT2D eigenvalue weighted by molar-refractivity contribution is -0.116. The quantitative estimate of drug-likeness (QED) is 0.353. The van der Waals surface area contributed by atoms with Gasteiger partial charge in [-0.25, -0.2) is 4.98 Å². The number of ketones is 1. The maximum absolute atomic E-state index is 13.5. The van der Waals surface area contributed by atoms with Gasteiger partial charge in [0.2, 0.25) is 5.75 Å². The van der Waals surface area contributed by atoms with Crippen LogP contribution < -0.4 is 25.1 Å². The van der Waals surface area contributed by atoms with Crippen LogP contribution in [0, 0.1) is 0 Å². The first-order chi connectivity index (χ1) is 17.5. The van der Waals surface area contributed by atoms with Crippen molar-refractivity contribution in [3.05, 3.63) is 80.8 Å². The highest BCUT2D eigenvalue weighted by molar-refractivity contribution is 7.98. The van der Waals surface area contributed by atoms with Crippen LogP contribution in [0.15, 0.2) is 63.7 Å². The number of hydrogen-bond acceptors (Lipinski definition) is 8. The topological polar surface area (TPSA) is 103 Å². The van der Waals surface area contributed by atoms with Gasteiger partial charge >= 0.3 is 0 Å². The Labute approximate surface area is 213 Å². The highest BCUT2D eigenvalue weighted by atomic mass is 32.2. The number of carbonyl (C=O) groups is 1. The lowest BCUT2D eigenvalue weighted by Crippen LogP contribution is -2.32. The van der Waals surface area contributed by atoms with Crippen molar-refractivity contribution in [3.63, 3.8) is 0 Å². The number of ether oxygens (including phenoxy) is 3. The van der Waals surface area contributed by atoms with E-state index in [-0.39, 0.29) is 11.3 Å². The summed E-state index contributed by atoms with van der Waals surface area (Å²) in [4.78, 5) is 34.4. The highest BCUT2D eigenvalue weighted by Gasteiger charge is 2.38. The second-order valence-corrected chi connectivity index (χ2v) is 9.56. The van der Waals surface area contributed by atoms with Crippen molar-refractivity contribution in [2.24, 2.45) is 0 Å². The Bertz CT molecular complexity index is 1380. The summed E-state index contributed by atoms with van der Waals surface area (Å²) < 4.78 is 16.6. The zero-order valence-corrected chi connectivity index (χ0v) is 21.2. The van der Waals surface area contributed by atoms with Crippen LogP contribution in [0.5, 0.6) is 17.2 Å². The van der Waals surface area contributed by atoms with Crippen LogP contribution in [-0.4, -0.2) is 37.1 Å². The van der Waals surface area contributed by atoms with Crippen molar-refractivity contribution in [2.45, 2.75) is 36.1 Å². The number of aromatic nitrogens is 2. The molecule has 0 bridgehead atoms. The van der Waals surface area contributed by atoms with E-state index in [2.05, 4.69) is 10.3 Å². The van der Waals surface area contributed by atoms with E-state index in [4.69, 9.17) is 19.2 Å². The molecule has 0 unspecified atom stereocenters. The van der Waals surface area contributed by atoms with Gasteiger partial charge in [0, 0.05) is 29.4 Å². The van der Waals surface area contributed by atoms with Crippen LogP contribution in [0.25, 0.3) is 0 Å². The molecule has 3 aromatic rings. The number of hydrogen-bond donors (Lipinski definition) is 2. The average Bonchev–Trinajstić information content (AvgIpc) is 2.90. The molecule has 2 aliphatic rings. The average molecular weight is 506 g/mol. The summed E-state index contributed by atoms with van der Waals surface area (Å²) >= 11 is 1.46. The maximum atomic E-state index is 13.5. The van der Waals surface area contributed by atoms with Crippen LogP contribution in [0.3, 0.4) is 0 Å². The van der Waals surface area contributed by atoms with Gasteiger partial charge in [-0.05, 0) is 36.1 Å². The third-order valence-electron chi connectivity index (χ3n) is 6.48. The lowest BCUT2D eigenvalue weighted by Gasteiger charge is -2.33. The lowest BCUT2D eigenvalue weighted by atomic mass is 9.76. The molecule has 0 saturated carbocycles. The molecule has 1 aromatic heterocycles. The van der Waals surface area contributed by atoms with E-state index in [0.717, 1.165) is 17.7 Å². The number of thioether (sulfide) groups is 1. The van der Waals surface area contributed by atoms with Gasteiger partial charge in [0.15, 0.2) is 22.4 Å². The van der Waals surface area contributed by atoms with Crippen molar-refractivity contribution in [1.29, 1.82) is 0 Å². The predicted octanol–water partition coefficient (Wildman–Crippen LogP) is 4.65. The molecule has 2 aromatic carbocycles. The zero-order valence-electron chi connectivity index (χ0n) is 20.3. The molecular weight excluding hydrogens is 478 g/mol. The van der Waals surface area contributed by atoms with Gasteiger partial charge in [0.05, 0.1) is 26.9 Å². The Morgan fingerprint density at radius 2 is 1.72 bits per heavy atom. The van der Waals surface area contributed by atoms with E-state index in [1.807, 2.05) is 30.3 Å². The summed E-state index contributed by atoms with van der Waals surface area (Å²) in [7, 11) is 4.62. The minimum Gasteiger partial charge on any atom is -0.493 e. The normalized spacial score (nSPS) is 16.6. The van der Waals surface area contributed by atoms with Gasteiger partial charge in [-0.1, -0.05) is 42.1 Å². The maximum Gasteiger partial charge on any atom is 0.257 e. The summed E-state index contributed by atoms with van der Waals surface area (Å²) in [6, 6.07) is 13.6. The second kappa shape index (κ2) is 10.1. The van der Waals surface area contributed by atoms with Gasteiger partial charge in [-0.15, -0.1) is 0 Å². The van der Waals surface area contributed by atoms with Crippen molar-refractivity contribution < 1.29 is 19.0 Å². The number of fused-ring (bicyclic) bond motifs is 1. The Hall–Kier alpha value is -3.72. The van der Waals surface area contributed by atoms with Crippen LogP contribution >= 0.6 is 11.8 Å². The van der Waals surface area contributed by atoms with Crippen molar-refractivity contribution in [3.8, 4) is 17.2 Å². The first-order valence-electron chi connectivity index (χ1n) is 11.7.